The van der Waals surface area contributed by atoms with Gasteiger partial charge < -0.3 is 24.7 Å². The minimum Gasteiger partial charge on any atom is -0.494 e. The van der Waals surface area contributed by atoms with E-state index in [1.165, 1.54) is 0 Å². The Kier molecular flexibility index (Phi) is 8.67. The first-order chi connectivity index (χ1) is 18.4. The molecule has 4 rings (SSSR count). The van der Waals surface area contributed by atoms with Crippen molar-refractivity contribution in [3.63, 3.8) is 0 Å². The van der Waals surface area contributed by atoms with Crippen LogP contribution >= 0.6 is 23.6 Å². The van der Waals surface area contributed by atoms with Crippen molar-refractivity contribution in [1.82, 2.24) is 19.9 Å². The highest BCUT2D eigenvalue weighted by molar-refractivity contribution is 7.80. The lowest BCUT2D eigenvalue weighted by molar-refractivity contribution is -0.118. The summed E-state index contributed by atoms with van der Waals surface area (Å²) >= 11 is 6.90. The molecule has 0 atom stereocenters. The molecule has 0 aliphatic heterocycles. The number of thiocarbonyl (C=S) groups is 1. The molecule has 0 spiro atoms. The molecule has 0 bridgehead atoms. The first-order valence-corrected chi connectivity index (χ1v) is 12.9. The normalized spacial score (nSPS) is 11.5. The lowest BCUT2D eigenvalue weighted by Gasteiger charge is -2.14. The molecule has 8 nitrogen and oxygen atoms in total. The number of anilines is 1. The van der Waals surface area contributed by atoms with Gasteiger partial charge in [-0.1, -0.05) is 30.9 Å². The van der Waals surface area contributed by atoms with E-state index in [4.69, 9.17) is 21.7 Å². The highest BCUT2D eigenvalue weighted by atomic mass is 32.1. The van der Waals surface area contributed by atoms with Gasteiger partial charge in [-0.25, -0.2) is 4.98 Å². The third-order valence-corrected chi connectivity index (χ3v) is 6.79. The number of aryl methyl sites for hydroxylation is 1. The molecule has 194 valence electrons. The van der Waals surface area contributed by atoms with Crippen LogP contribution < -0.4 is 20.1 Å². The van der Waals surface area contributed by atoms with Gasteiger partial charge in [-0.15, -0.1) is 11.3 Å². The number of carbonyl (C=O) groups is 1. The van der Waals surface area contributed by atoms with E-state index < -0.39 is 0 Å². The second-order valence-electron chi connectivity index (χ2n) is 8.11. The fourth-order valence-electron chi connectivity index (χ4n) is 3.60. The van der Waals surface area contributed by atoms with Gasteiger partial charge in [0.1, 0.15) is 23.1 Å². The number of pyridine rings is 1. The summed E-state index contributed by atoms with van der Waals surface area (Å²) in [7, 11) is 3.51. The van der Waals surface area contributed by atoms with Crippen LogP contribution in [-0.4, -0.2) is 32.7 Å². The minimum absolute atomic E-state index is 0.157. The summed E-state index contributed by atoms with van der Waals surface area (Å²) in [4.78, 5) is 22.3. The second kappa shape index (κ2) is 12.3. The molecule has 4 aromatic rings. The summed E-state index contributed by atoms with van der Waals surface area (Å²) in [6.45, 7) is 5.64. The van der Waals surface area contributed by atoms with Crippen molar-refractivity contribution in [3.05, 3.63) is 85.4 Å². The highest BCUT2D eigenvalue weighted by Crippen LogP contribution is 2.39. The van der Waals surface area contributed by atoms with E-state index in [0.29, 0.717) is 22.9 Å². The number of benzene rings is 1. The molecular formula is C28H27N5O3S2. The summed E-state index contributed by atoms with van der Waals surface area (Å²) in [6, 6.07) is 9.16. The molecule has 0 unspecified atom stereocenters. The molecule has 0 saturated carbocycles. The van der Waals surface area contributed by atoms with Gasteiger partial charge in [0.15, 0.2) is 5.11 Å². The third kappa shape index (κ3) is 6.34. The van der Waals surface area contributed by atoms with E-state index in [-0.39, 0.29) is 17.4 Å². The molecule has 0 aliphatic rings. The van der Waals surface area contributed by atoms with Crippen molar-refractivity contribution in [2.75, 3.05) is 12.4 Å². The Balaban J connectivity index is 1.47. The molecule has 1 amide bonds. The maximum Gasteiger partial charge on any atom is 0.230 e. The Morgan fingerprint density at radius 2 is 2.05 bits per heavy atom. The number of nitrogens with zero attached hydrogens (tertiary/aromatic N) is 3. The number of aromatic nitrogens is 3. The van der Waals surface area contributed by atoms with Crippen LogP contribution in [0.15, 0.2) is 85.4 Å². The van der Waals surface area contributed by atoms with Gasteiger partial charge in [-0.3, -0.25) is 9.78 Å². The van der Waals surface area contributed by atoms with Crippen LogP contribution in [0.1, 0.15) is 13.3 Å². The summed E-state index contributed by atoms with van der Waals surface area (Å²) in [5.74, 6) is 2.37. The first-order valence-electron chi connectivity index (χ1n) is 11.7. The average molecular weight is 546 g/mol. The van der Waals surface area contributed by atoms with E-state index >= 15 is 0 Å². The zero-order valence-corrected chi connectivity index (χ0v) is 22.9. The van der Waals surface area contributed by atoms with Crippen molar-refractivity contribution in [2.45, 2.75) is 13.3 Å². The van der Waals surface area contributed by atoms with Crippen molar-refractivity contribution < 1.29 is 14.3 Å². The Hall–Kier alpha value is -4.28. The van der Waals surface area contributed by atoms with Crippen LogP contribution in [0.3, 0.4) is 0 Å². The Bertz CT molecular complexity index is 1550. The molecule has 3 aromatic heterocycles. The van der Waals surface area contributed by atoms with Crippen LogP contribution in [-0.2, 0) is 11.8 Å². The molecule has 2 N–H and O–H groups in total. The van der Waals surface area contributed by atoms with Gasteiger partial charge in [0.05, 0.1) is 34.3 Å². The molecule has 3 heterocycles. The quantitative estimate of drug-likeness (QED) is 0.186. The SMILES string of the molecule is C=C/C(=C\C=C/C)CC(=O)NC(=S)Nc1ccc(Oc2ccnc3cc(-c4nccn4C)sc23)cc1OC. The lowest BCUT2D eigenvalue weighted by atomic mass is 10.1. The number of methoxy groups -OCH3 is 1. The summed E-state index contributed by atoms with van der Waals surface area (Å²) < 4.78 is 14.6. The van der Waals surface area contributed by atoms with Gasteiger partial charge in [0.25, 0.3) is 0 Å². The molecule has 1 aromatic carbocycles. The molecule has 0 fully saturated rings. The van der Waals surface area contributed by atoms with Crippen LogP contribution in [0.2, 0.25) is 0 Å². The van der Waals surface area contributed by atoms with Crippen molar-refractivity contribution in [2.24, 2.45) is 7.05 Å². The number of ether oxygens (including phenoxy) is 2. The molecule has 0 saturated heterocycles. The lowest BCUT2D eigenvalue weighted by Crippen LogP contribution is -2.34. The second-order valence-corrected chi connectivity index (χ2v) is 9.57. The Morgan fingerprint density at radius 3 is 2.76 bits per heavy atom. The maximum atomic E-state index is 12.4. The van der Waals surface area contributed by atoms with Crippen LogP contribution in [0, 0.1) is 0 Å². The Morgan fingerprint density at radius 1 is 1.21 bits per heavy atom. The van der Waals surface area contributed by atoms with Crippen molar-refractivity contribution in [3.8, 4) is 28.0 Å². The molecule has 0 radical (unpaired) electrons. The number of allylic oxidation sites excluding steroid dienone is 4. The topological polar surface area (TPSA) is 90.3 Å². The van der Waals surface area contributed by atoms with Gasteiger partial charge >= 0.3 is 0 Å². The number of carbonyl (C=O) groups excluding carboxylic acids is 1. The molecule has 38 heavy (non-hydrogen) atoms. The fraction of sp³-hybridized carbons (Fsp3) is 0.143. The Labute approximate surface area is 230 Å². The van der Waals surface area contributed by atoms with Crippen molar-refractivity contribution in [1.29, 1.82) is 0 Å². The summed E-state index contributed by atoms with van der Waals surface area (Å²) in [5, 5.41) is 5.86. The number of nitrogens with one attached hydrogen (secondary N) is 2. The minimum atomic E-state index is -0.250. The van der Waals surface area contributed by atoms with Crippen LogP contribution in [0.25, 0.3) is 20.9 Å². The smallest absolute Gasteiger partial charge is 0.230 e. The van der Waals surface area contributed by atoms with Gasteiger partial charge in [-0.2, -0.15) is 0 Å². The zero-order valence-electron chi connectivity index (χ0n) is 21.2. The average Bonchev–Trinajstić information content (AvgIpc) is 3.53. The number of hydrogen-bond donors (Lipinski definition) is 2. The molecule has 10 heteroatoms. The van der Waals surface area contributed by atoms with E-state index in [1.807, 2.05) is 55.1 Å². The van der Waals surface area contributed by atoms with Gasteiger partial charge in [-0.05, 0) is 42.9 Å². The summed E-state index contributed by atoms with van der Waals surface area (Å²) in [5.41, 5.74) is 2.20. The maximum absolute atomic E-state index is 12.4. The third-order valence-electron chi connectivity index (χ3n) is 5.45. The molecule has 0 aliphatic carbocycles. The predicted molar refractivity (Wildman–Crippen MR) is 157 cm³/mol. The van der Waals surface area contributed by atoms with Gasteiger partial charge in [0, 0.05) is 37.8 Å². The number of hydrogen-bond acceptors (Lipinski definition) is 7. The van der Waals surface area contributed by atoms with E-state index in [9.17, 15) is 4.79 Å². The first kappa shape index (κ1) is 26.8. The zero-order chi connectivity index (χ0) is 27.1. The standard InChI is InChI=1S/C28H27N5O3S2/c1-5-7-8-18(6-2)15-25(34)32-28(37)31-20-10-9-19(16-23(20)35-4)36-22-11-12-29-21-17-24(38-26(21)22)27-30-13-14-33(27)3/h5-14,16-17H,2,15H2,1,3-4H3,(H2,31,32,34,37)/b7-5-,18-8+. The van der Waals surface area contributed by atoms with Crippen molar-refractivity contribution >= 4 is 50.5 Å². The van der Waals surface area contributed by atoms with Crippen LogP contribution in [0.5, 0.6) is 17.2 Å². The predicted octanol–water partition coefficient (Wildman–Crippen LogP) is 6.39. The van der Waals surface area contributed by atoms with E-state index in [0.717, 1.165) is 26.5 Å². The van der Waals surface area contributed by atoms with E-state index in [1.54, 1.807) is 55.1 Å². The van der Waals surface area contributed by atoms with Crippen LogP contribution in [0.4, 0.5) is 5.69 Å². The highest BCUT2D eigenvalue weighted by Gasteiger charge is 2.15. The van der Waals surface area contributed by atoms with Gasteiger partial charge in [0.2, 0.25) is 5.91 Å². The number of fused-ring (bicyclic) bond motifs is 1. The number of rotatable bonds is 9. The number of imidazole rings is 1. The van der Waals surface area contributed by atoms with E-state index in [2.05, 4.69) is 27.2 Å². The largest absolute Gasteiger partial charge is 0.494 e. The number of amides is 1. The monoisotopic (exact) mass is 545 g/mol. The fourth-order valence-corrected chi connectivity index (χ4v) is 4.93. The molecular weight excluding hydrogens is 518 g/mol. The number of thiophene rings is 1. The summed E-state index contributed by atoms with van der Waals surface area (Å²) in [6.07, 6.45) is 12.8.